The van der Waals surface area contributed by atoms with Gasteiger partial charge in [0, 0.05) is 24.2 Å². The maximum Gasteiger partial charge on any atom is 0.416 e. The smallest absolute Gasteiger partial charge is 0.383 e. The number of aromatic nitrogens is 2. The summed E-state index contributed by atoms with van der Waals surface area (Å²) in [5, 5.41) is 11.7. The number of carbonyl (C=O) groups is 1. The molecule has 0 aliphatic carbocycles. The van der Waals surface area contributed by atoms with Crippen LogP contribution in [0.5, 0.6) is 0 Å². The number of carbonyl (C=O) groups excluding carboxylic acids is 1. The number of nitrogen functional groups attached to an aromatic ring is 1. The summed E-state index contributed by atoms with van der Waals surface area (Å²) in [5.41, 5.74) is 13.0. The zero-order valence-electron chi connectivity index (χ0n) is 21.6. The van der Waals surface area contributed by atoms with E-state index in [1.807, 2.05) is 6.92 Å². The van der Waals surface area contributed by atoms with Crippen molar-refractivity contribution in [1.29, 1.82) is 5.41 Å². The molecule has 1 aliphatic heterocycles. The topological polar surface area (TPSA) is 134 Å². The normalized spacial score (nSPS) is 14.9. The van der Waals surface area contributed by atoms with E-state index in [1.54, 1.807) is 24.3 Å². The first-order chi connectivity index (χ1) is 18.5. The van der Waals surface area contributed by atoms with Gasteiger partial charge in [-0.15, -0.1) is 0 Å². The Morgan fingerprint density at radius 1 is 1.21 bits per heavy atom. The van der Waals surface area contributed by atoms with E-state index in [9.17, 15) is 18.0 Å². The Morgan fingerprint density at radius 3 is 2.51 bits per heavy atom. The second-order valence-corrected chi connectivity index (χ2v) is 9.16. The van der Waals surface area contributed by atoms with Gasteiger partial charge in [0.05, 0.1) is 11.1 Å². The number of primary amides is 1. The highest BCUT2D eigenvalue weighted by Gasteiger charge is 2.29. The van der Waals surface area contributed by atoms with Crippen LogP contribution in [0, 0.1) is 30.1 Å². The molecule has 1 saturated heterocycles. The number of amides is 1. The molecule has 0 spiro atoms. The number of nitrogens with one attached hydrogen (secondary N) is 2. The predicted octanol–water partition coefficient (Wildman–Crippen LogP) is 3.95. The molecule has 3 aromatic rings. The van der Waals surface area contributed by atoms with Crippen molar-refractivity contribution >= 4 is 23.3 Å². The van der Waals surface area contributed by atoms with Crippen molar-refractivity contribution in [2.24, 2.45) is 11.7 Å². The van der Waals surface area contributed by atoms with Crippen molar-refractivity contribution in [1.82, 2.24) is 14.9 Å². The highest BCUT2D eigenvalue weighted by molar-refractivity contribution is 6.16. The first kappa shape index (κ1) is 29.1. The number of alkyl halides is 3. The second-order valence-electron chi connectivity index (χ2n) is 9.16. The molecule has 6 N–H and O–H groups in total. The van der Waals surface area contributed by atoms with Crippen LogP contribution in [0.1, 0.15) is 39.0 Å². The van der Waals surface area contributed by atoms with E-state index < -0.39 is 17.6 Å². The molecule has 1 unspecified atom stereocenters. The highest BCUT2D eigenvalue weighted by Crippen LogP contribution is 2.28. The number of likely N-dealkylation sites (tertiary alicyclic amines) is 1. The quantitative estimate of drug-likeness (QED) is 0.288. The van der Waals surface area contributed by atoms with Crippen LogP contribution in [0.25, 0.3) is 0 Å². The van der Waals surface area contributed by atoms with Crippen LogP contribution in [0.2, 0.25) is 0 Å². The van der Waals surface area contributed by atoms with E-state index in [4.69, 9.17) is 16.9 Å². The number of hydrogen-bond donors (Lipinski definition) is 4. The summed E-state index contributed by atoms with van der Waals surface area (Å²) in [6, 6.07) is 11.4. The van der Waals surface area contributed by atoms with Gasteiger partial charge in [-0.25, -0.2) is 9.97 Å². The summed E-state index contributed by atoms with van der Waals surface area (Å²) in [6.07, 6.45) is -1.71. The Bertz CT molecular complexity index is 1380. The lowest BCUT2D eigenvalue weighted by atomic mass is 10.0. The largest absolute Gasteiger partial charge is 0.416 e. The monoisotopic (exact) mass is 537 g/mol. The fraction of sp³-hybridized carbons (Fsp3) is 0.286. The van der Waals surface area contributed by atoms with E-state index in [0.29, 0.717) is 28.4 Å². The summed E-state index contributed by atoms with van der Waals surface area (Å²) in [6.45, 7) is 4.73. The lowest BCUT2D eigenvalue weighted by Crippen LogP contribution is -2.21. The van der Waals surface area contributed by atoms with Gasteiger partial charge in [0.2, 0.25) is 5.91 Å². The van der Waals surface area contributed by atoms with Crippen LogP contribution >= 0.6 is 0 Å². The van der Waals surface area contributed by atoms with Gasteiger partial charge in [-0.2, -0.15) is 13.2 Å². The molecular formula is C28H30F3N7O. The molecule has 39 heavy (non-hydrogen) atoms. The highest BCUT2D eigenvalue weighted by atomic mass is 19.4. The minimum absolute atomic E-state index is 0.0121. The van der Waals surface area contributed by atoms with Crippen LogP contribution < -0.4 is 16.8 Å². The molecule has 1 amide bonds. The molecule has 4 rings (SSSR count). The average Bonchev–Trinajstić information content (AvgIpc) is 3.32. The molecule has 1 atom stereocenters. The number of halogens is 3. The van der Waals surface area contributed by atoms with Gasteiger partial charge in [-0.05, 0) is 56.5 Å². The molecule has 2 heterocycles. The summed E-state index contributed by atoms with van der Waals surface area (Å²) < 4.78 is 35.4. The molecule has 1 aliphatic rings. The van der Waals surface area contributed by atoms with E-state index >= 15 is 0 Å². The van der Waals surface area contributed by atoms with Gasteiger partial charge in [0.1, 0.15) is 23.7 Å². The van der Waals surface area contributed by atoms with E-state index in [-0.39, 0.29) is 11.5 Å². The van der Waals surface area contributed by atoms with Crippen LogP contribution in [0.15, 0.2) is 54.9 Å². The van der Waals surface area contributed by atoms with Gasteiger partial charge in [0.25, 0.3) is 0 Å². The zero-order chi connectivity index (χ0) is 28.6. The minimum atomic E-state index is -4.21. The third-order valence-corrected chi connectivity index (χ3v) is 6.12. The van der Waals surface area contributed by atoms with E-state index in [2.05, 4.69) is 39.1 Å². The number of rotatable bonds is 5. The summed E-state index contributed by atoms with van der Waals surface area (Å²) >= 11 is 0. The van der Waals surface area contributed by atoms with Crippen LogP contribution in [-0.4, -0.2) is 53.2 Å². The Morgan fingerprint density at radius 2 is 1.92 bits per heavy atom. The van der Waals surface area contributed by atoms with Gasteiger partial charge in [-0.3, -0.25) is 10.2 Å². The Balaban J connectivity index is 0.000000353. The number of benzene rings is 2. The molecule has 0 radical (unpaired) electrons. The van der Waals surface area contributed by atoms with Crippen molar-refractivity contribution in [2.75, 3.05) is 37.7 Å². The number of nitrogens with two attached hydrogens (primary N) is 2. The van der Waals surface area contributed by atoms with Crippen LogP contribution in [-0.2, 0) is 6.18 Å². The molecular weight excluding hydrogens is 507 g/mol. The van der Waals surface area contributed by atoms with Crippen LogP contribution in [0.3, 0.4) is 0 Å². The summed E-state index contributed by atoms with van der Waals surface area (Å²) in [4.78, 5) is 22.0. The zero-order valence-corrected chi connectivity index (χ0v) is 21.6. The van der Waals surface area contributed by atoms with Crippen molar-refractivity contribution in [3.05, 3.63) is 82.7 Å². The maximum atomic E-state index is 11.8. The molecule has 204 valence electrons. The molecule has 1 fully saturated rings. The molecule has 11 heteroatoms. The molecule has 8 nitrogen and oxygen atoms in total. The maximum absolute atomic E-state index is 11.8. The van der Waals surface area contributed by atoms with Gasteiger partial charge >= 0.3 is 6.18 Å². The second kappa shape index (κ2) is 12.9. The molecule has 2 aromatic carbocycles. The molecule has 0 saturated carbocycles. The van der Waals surface area contributed by atoms with Gasteiger partial charge < -0.3 is 21.7 Å². The molecule has 1 aromatic heterocycles. The molecule has 0 bridgehead atoms. The van der Waals surface area contributed by atoms with Crippen molar-refractivity contribution in [2.45, 2.75) is 19.5 Å². The average molecular weight is 538 g/mol. The SMILES string of the molecule is Cc1ccc(C(N)=O)cc1C#CC(=N)c1c(N)ncnc1NCC1CCN(C)C1.FC(F)(F)c1ccccc1. The van der Waals surface area contributed by atoms with Crippen molar-refractivity contribution in [3.63, 3.8) is 0 Å². The Kier molecular flexibility index (Phi) is 9.62. The first-order valence-electron chi connectivity index (χ1n) is 12.1. The number of hydrogen-bond acceptors (Lipinski definition) is 7. The third kappa shape index (κ3) is 8.28. The fourth-order valence-electron chi connectivity index (χ4n) is 3.94. The van der Waals surface area contributed by atoms with Crippen molar-refractivity contribution < 1.29 is 18.0 Å². The third-order valence-electron chi connectivity index (χ3n) is 6.12. The van der Waals surface area contributed by atoms with Crippen LogP contribution in [0.4, 0.5) is 24.8 Å². The first-order valence-corrected chi connectivity index (χ1v) is 12.1. The van der Waals surface area contributed by atoms with E-state index in [1.165, 1.54) is 18.5 Å². The summed E-state index contributed by atoms with van der Waals surface area (Å²) in [7, 11) is 2.11. The number of aryl methyl sites for hydroxylation is 1. The van der Waals surface area contributed by atoms with Gasteiger partial charge in [-0.1, -0.05) is 42.3 Å². The van der Waals surface area contributed by atoms with Gasteiger partial charge in [0.15, 0.2) is 0 Å². The number of nitrogens with zero attached hydrogens (tertiary/aromatic N) is 3. The minimum Gasteiger partial charge on any atom is -0.383 e. The lowest BCUT2D eigenvalue weighted by molar-refractivity contribution is -0.137. The predicted molar refractivity (Wildman–Crippen MR) is 145 cm³/mol. The van der Waals surface area contributed by atoms with E-state index in [0.717, 1.165) is 43.8 Å². The number of anilines is 2. The Hall–Kier alpha value is -4.43. The lowest BCUT2D eigenvalue weighted by Gasteiger charge is -2.14. The Labute approximate surface area is 225 Å². The fourth-order valence-corrected chi connectivity index (χ4v) is 3.94. The summed E-state index contributed by atoms with van der Waals surface area (Å²) in [5.74, 6) is 6.45. The standard InChI is InChI=1S/C21H25N7O.C7H5F3/c1-13-3-4-16(20(24)29)9-15(13)5-6-17(22)18-19(23)26-12-27-21(18)25-10-14-7-8-28(2)11-14;8-7(9,10)6-4-2-1-3-5-6/h3-4,9,12,14,22H,7-8,10-11H2,1-2H3,(H2,24,29)(H3,23,25,26,27);1-5H. The van der Waals surface area contributed by atoms with Crippen molar-refractivity contribution in [3.8, 4) is 11.8 Å².